The molecule has 0 radical (unpaired) electrons. The predicted molar refractivity (Wildman–Crippen MR) is 62.4 cm³/mol. The van der Waals surface area contributed by atoms with Crippen molar-refractivity contribution in [1.29, 1.82) is 0 Å². The molecule has 1 aliphatic rings. The number of benzene rings is 1. The molecule has 2 rings (SSSR count). The Balaban J connectivity index is 2.37. The van der Waals surface area contributed by atoms with Crippen LogP contribution in [0.25, 0.3) is 6.08 Å². The maximum absolute atomic E-state index is 2.40. The normalized spacial score (nSPS) is 14.0. The molecule has 0 atom stereocenters. The fraction of sp³-hybridized carbons (Fsp3) is 0.429. The van der Waals surface area contributed by atoms with Crippen molar-refractivity contribution in [1.82, 2.24) is 0 Å². The molecule has 1 aromatic rings. The zero-order valence-corrected chi connectivity index (χ0v) is 9.14. The Kier molecular flexibility index (Phi) is 2.72. The Morgan fingerprint density at radius 2 is 2.07 bits per heavy atom. The second-order valence-electron chi connectivity index (χ2n) is 4.07. The van der Waals surface area contributed by atoms with Crippen molar-refractivity contribution in [3.63, 3.8) is 0 Å². The summed E-state index contributed by atoms with van der Waals surface area (Å²) in [5.74, 6) is 0. The zero-order chi connectivity index (χ0) is 9.97. The van der Waals surface area contributed by atoms with Crippen LogP contribution in [-0.2, 0) is 12.8 Å². The van der Waals surface area contributed by atoms with Crippen molar-refractivity contribution in [2.75, 3.05) is 0 Å². The molecule has 0 unspecified atom stereocenters. The van der Waals surface area contributed by atoms with Crippen LogP contribution < -0.4 is 0 Å². The molecule has 1 aromatic carbocycles. The fourth-order valence-corrected chi connectivity index (χ4v) is 2.22. The number of hydrogen-bond acceptors (Lipinski definition) is 0. The first-order valence-corrected chi connectivity index (χ1v) is 5.65. The van der Waals surface area contributed by atoms with Gasteiger partial charge in [0.2, 0.25) is 0 Å². The van der Waals surface area contributed by atoms with Gasteiger partial charge in [-0.15, -0.1) is 0 Å². The lowest BCUT2D eigenvalue weighted by molar-refractivity contribution is 0.917. The fourth-order valence-electron chi connectivity index (χ4n) is 2.22. The Hall–Kier alpha value is -1.04. The van der Waals surface area contributed by atoms with Crippen LogP contribution in [0.5, 0.6) is 0 Å². The van der Waals surface area contributed by atoms with Gasteiger partial charge in [-0.25, -0.2) is 0 Å². The lowest BCUT2D eigenvalue weighted by Crippen LogP contribution is -1.90. The van der Waals surface area contributed by atoms with Crippen LogP contribution in [0, 0.1) is 0 Å². The van der Waals surface area contributed by atoms with Gasteiger partial charge in [0.05, 0.1) is 0 Å². The van der Waals surface area contributed by atoms with Gasteiger partial charge in [-0.1, -0.05) is 50.1 Å². The molecule has 0 aliphatic heterocycles. The summed E-state index contributed by atoms with van der Waals surface area (Å²) < 4.78 is 0. The van der Waals surface area contributed by atoms with E-state index in [0.29, 0.717) is 0 Å². The number of fused-ring (bicyclic) bond motifs is 1. The molecular formula is C14H18. The van der Waals surface area contributed by atoms with Gasteiger partial charge in [-0.2, -0.15) is 0 Å². The van der Waals surface area contributed by atoms with Gasteiger partial charge in [-0.3, -0.25) is 0 Å². The molecule has 0 fully saturated rings. The molecule has 1 aliphatic carbocycles. The quantitative estimate of drug-likeness (QED) is 0.669. The van der Waals surface area contributed by atoms with Gasteiger partial charge in [-0.05, 0) is 36.0 Å². The second kappa shape index (κ2) is 4.00. The number of rotatable bonds is 3. The highest BCUT2D eigenvalue weighted by Crippen LogP contribution is 2.29. The summed E-state index contributed by atoms with van der Waals surface area (Å²) in [6.07, 6.45) is 7.24. The maximum Gasteiger partial charge on any atom is -0.00578 e. The molecule has 14 heavy (non-hydrogen) atoms. The van der Waals surface area contributed by atoms with Crippen LogP contribution in [0.3, 0.4) is 0 Å². The van der Waals surface area contributed by atoms with Crippen molar-refractivity contribution < 1.29 is 0 Å². The Bertz CT molecular complexity index is 358. The van der Waals surface area contributed by atoms with E-state index in [2.05, 4.69) is 38.1 Å². The van der Waals surface area contributed by atoms with E-state index in [1.54, 1.807) is 5.57 Å². The summed E-state index contributed by atoms with van der Waals surface area (Å²) in [5.41, 5.74) is 6.18. The van der Waals surface area contributed by atoms with E-state index in [1.165, 1.54) is 42.4 Å². The van der Waals surface area contributed by atoms with Gasteiger partial charge in [0.1, 0.15) is 0 Å². The van der Waals surface area contributed by atoms with Gasteiger partial charge in [0, 0.05) is 0 Å². The van der Waals surface area contributed by atoms with Crippen LogP contribution in [-0.4, -0.2) is 0 Å². The van der Waals surface area contributed by atoms with E-state index < -0.39 is 0 Å². The van der Waals surface area contributed by atoms with Crippen molar-refractivity contribution in [3.8, 4) is 0 Å². The minimum absolute atomic E-state index is 1.18. The van der Waals surface area contributed by atoms with Crippen LogP contribution >= 0.6 is 0 Å². The topological polar surface area (TPSA) is 0 Å². The summed E-state index contributed by atoms with van der Waals surface area (Å²) >= 11 is 0. The highest BCUT2D eigenvalue weighted by molar-refractivity contribution is 5.66. The first-order chi connectivity index (χ1) is 6.85. The molecule has 0 aromatic heterocycles. The molecule has 0 heterocycles. The molecule has 0 saturated heterocycles. The van der Waals surface area contributed by atoms with Crippen molar-refractivity contribution >= 4 is 6.08 Å². The lowest BCUT2D eigenvalue weighted by Gasteiger charge is -2.05. The van der Waals surface area contributed by atoms with E-state index in [4.69, 9.17) is 0 Å². The SMILES string of the molecule is CCCc1cccc2c1C=C(CC)C2. The third kappa shape index (κ3) is 1.61. The summed E-state index contributed by atoms with van der Waals surface area (Å²) in [5, 5.41) is 0. The van der Waals surface area contributed by atoms with Crippen molar-refractivity contribution in [3.05, 3.63) is 40.5 Å². The Morgan fingerprint density at radius 1 is 1.21 bits per heavy atom. The molecule has 0 amide bonds. The number of allylic oxidation sites excluding steroid dienone is 1. The standard InChI is InChI=1S/C14H18/c1-3-6-12-7-5-8-13-9-11(4-2)10-14(12)13/h5,7-8,10H,3-4,6,9H2,1-2H3. The van der Waals surface area contributed by atoms with E-state index in [1.807, 2.05) is 0 Å². The maximum atomic E-state index is 2.40. The molecule has 0 nitrogen and oxygen atoms in total. The van der Waals surface area contributed by atoms with Crippen LogP contribution in [0.4, 0.5) is 0 Å². The third-order valence-electron chi connectivity index (χ3n) is 3.03. The molecule has 0 spiro atoms. The zero-order valence-electron chi connectivity index (χ0n) is 9.14. The number of aryl methyl sites for hydroxylation is 1. The van der Waals surface area contributed by atoms with Crippen LogP contribution in [0.2, 0.25) is 0 Å². The first kappa shape index (κ1) is 9.51. The van der Waals surface area contributed by atoms with E-state index in [9.17, 15) is 0 Å². The molecule has 74 valence electrons. The monoisotopic (exact) mass is 186 g/mol. The molecular weight excluding hydrogens is 168 g/mol. The highest BCUT2D eigenvalue weighted by atomic mass is 14.2. The van der Waals surface area contributed by atoms with Gasteiger partial charge in [0.15, 0.2) is 0 Å². The van der Waals surface area contributed by atoms with Crippen molar-refractivity contribution in [2.45, 2.75) is 39.5 Å². The van der Waals surface area contributed by atoms with E-state index in [0.717, 1.165) is 0 Å². The lowest BCUT2D eigenvalue weighted by atomic mass is 10.0. The Labute approximate surface area is 86.7 Å². The summed E-state index contributed by atoms with van der Waals surface area (Å²) in [6.45, 7) is 4.50. The predicted octanol–water partition coefficient (Wildman–Crippen LogP) is 3.99. The minimum Gasteiger partial charge on any atom is -0.0655 e. The average Bonchev–Trinajstić information content (AvgIpc) is 2.62. The van der Waals surface area contributed by atoms with Gasteiger partial charge in [0.25, 0.3) is 0 Å². The van der Waals surface area contributed by atoms with E-state index >= 15 is 0 Å². The van der Waals surface area contributed by atoms with Crippen LogP contribution in [0.15, 0.2) is 23.8 Å². The van der Waals surface area contributed by atoms with Gasteiger partial charge < -0.3 is 0 Å². The van der Waals surface area contributed by atoms with Crippen molar-refractivity contribution in [2.24, 2.45) is 0 Å². The Morgan fingerprint density at radius 3 is 2.79 bits per heavy atom. The summed E-state index contributed by atoms with van der Waals surface area (Å²) in [7, 11) is 0. The summed E-state index contributed by atoms with van der Waals surface area (Å²) in [4.78, 5) is 0. The molecule has 0 N–H and O–H groups in total. The number of hydrogen-bond donors (Lipinski definition) is 0. The van der Waals surface area contributed by atoms with Gasteiger partial charge >= 0.3 is 0 Å². The highest BCUT2D eigenvalue weighted by Gasteiger charge is 2.13. The van der Waals surface area contributed by atoms with Crippen LogP contribution in [0.1, 0.15) is 43.4 Å². The molecule has 0 heteroatoms. The molecule has 0 bridgehead atoms. The molecule has 0 saturated carbocycles. The first-order valence-electron chi connectivity index (χ1n) is 5.65. The minimum atomic E-state index is 1.18. The van der Waals surface area contributed by atoms with E-state index in [-0.39, 0.29) is 0 Å². The summed E-state index contributed by atoms with van der Waals surface area (Å²) in [6, 6.07) is 6.75. The second-order valence-corrected chi connectivity index (χ2v) is 4.07. The largest absolute Gasteiger partial charge is 0.0655 e. The third-order valence-corrected chi connectivity index (χ3v) is 3.03. The average molecular weight is 186 g/mol. The smallest absolute Gasteiger partial charge is 0.00578 e.